The smallest absolute Gasteiger partial charge is 0.264 e. The summed E-state index contributed by atoms with van der Waals surface area (Å²) in [5.74, 6) is -0.581. The minimum atomic E-state index is -3.40. The third-order valence-corrected chi connectivity index (χ3v) is 4.92. The Morgan fingerprint density at radius 1 is 1.29 bits per heavy atom. The van der Waals surface area contributed by atoms with Crippen LogP contribution in [0, 0.1) is 5.92 Å². The zero-order valence-electron chi connectivity index (χ0n) is 13.4. The maximum atomic E-state index is 12.0. The number of rotatable bonds is 5. The van der Waals surface area contributed by atoms with Gasteiger partial charge in [0, 0.05) is 31.1 Å². The standard InChI is InChI=1S/C16H20N2O5S/c1-24(21,22)23-10-11-8-18(9-11)13-4-2-3-12(7-13)14-5-6-15(19)17-16(14)20/h2-4,7,11,14H,5-6,8-10H2,1H3,(H,17,19,20). The molecule has 2 amide bonds. The van der Waals surface area contributed by atoms with Crippen molar-refractivity contribution < 1.29 is 22.2 Å². The van der Waals surface area contributed by atoms with Gasteiger partial charge in [0.25, 0.3) is 10.1 Å². The molecule has 0 spiro atoms. The normalized spacial score (nSPS) is 22.2. The monoisotopic (exact) mass is 352 g/mol. The highest BCUT2D eigenvalue weighted by molar-refractivity contribution is 7.85. The van der Waals surface area contributed by atoms with Crippen molar-refractivity contribution in [3.8, 4) is 0 Å². The first-order chi connectivity index (χ1) is 11.3. The number of hydrogen-bond donors (Lipinski definition) is 1. The van der Waals surface area contributed by atoms with Gasteiger partial charge in [0.15, 0.2) is 0 Å². The Hall–Kier alpha value is -1.93. The summed E-state index contributed by atoms with van der Waals surface area (Å²) in [7, 11) is -3.40. The maximum Gasteiger partial charge on any atom is 0.264 e. The van der Waals surface area contributed by atoms with Gasteiger partial charge in [0.2, 0.25) is 11.8 Å². The molecule has 1 aromatic rings. The number of anilines is 1. The van der Waals surface area contributed by atoms with Crippen LogP contribution in [-0.2, 0) is 23.9 Å². The lowest BCUT2D eigenvalue weighted by Gasteiger charge is -2.41. The van der Waals surface area contributed by atoms with E-state index in [1.54, 1.807) is 0 Å². The van der Waals surface area contributed by atoms with Gasteiger partial charge in [-0.1, -0.05) is 12.1 Å². The van der Waals surface area contributed by atoms with Gasteiger partial charge in [-0.3, -0.25) is 19.1 Å². The molecular formula is C16H20N2O5S. The summed E-state index contributed by atoms with van der Waals surface area (Å²) in [6, 6.07) is 7.72. The quantitative estimate of drug-likeness (QED) is 0.617. The number of imide groups is 1. The molecule has 8 heteroatoms. The fourth-order valence-corrected chi connectivity index (χ4v) is 3.50. The summed E-state index contributed by atoms with van der Waals surface area (Å²) in [6.07, 6.45) is 1.93. The lowest BCUT2D eigenvalue weighted by atomic mass is 9.89. The van der Waals surface area contributed by atoms with Gasteiger partial charge in [0.05, 0.1) is 18.8 Å². The lowest BCUT2D eigenvalue weighted by molar-refractivity contribution is -0.134. The number of nitrogens with zero attached hydrogens (tertiary/aromatic N) is 1. The molecule has 2 aliphatic rings. The van der Waals surface area contributed by atoms with E-state index in [4.69, 9.17) is 4.18 Å². The van der Waals surface area contributed by atoms with E-state index in [1.165, 1.54) is 0 Å². The van der Waals surface area contributed by atoms with E-state index in [0.29, 0.717) is 25.9 Å². The summed E-state index contributed by atoms with van der Waals surface area (Å²) in [5.41, 5.74) is 1.89. The average Bonchev–Trinajstić information content (AvgIpc) is 2.44. The van der Waals surface area contributed by atoms with Crippen LogP contribution in [0.3, 0.4) is 0 Å². The molecule has 2 heterocycles. The highest BCUT2D eigenvalue weighted by Gasteiger charge is 2.31. The second-order valence-corrected chi connectivity index (χ2v) is 8.00. The van der Waals surface area contributed by atoms with Crippen LogP contribution < -0.4 is 10.2 Å². The molecule has 2 aliphatic heterocycles. The SMILES string of the molecule is CS(=O)(=O)OCC1CN(c2cccc(C3CCC(=O)NC3=O)c2)C1. The minimum absolute atomic E-state index is 0.180. The van der Waals surface area contributed by atoms with Crippen LogP contribution in [0.25, 0.3) is 0 Å². The molecule has 1 N–H and O–H groups in total. The van der Waals surface area contributed by atoms with Gasteiger partial charge < -0.3 is 4.90 Å². The molecule has 1 atom stereocenters. The van der Waals surface area contributed by atoms with Gasteiger partial charge in [0.1, 0.15) is 0 Å². The van der Waals surface area contributed by atoms with Crippen molar-refractivity contribution in [2.75, 3.05) is 30.9 Å². The number of hydrogen-bond acceptors (Lipinski definition) is 6. The zero-order valence-corrected chi connectivity index (χ0v) is 14.2. The molecular weight excluding hydrogens is 332 g/mol. The fraction of sp³-hybridized carbons (Fsp3) is 0.500. The van der Waals surface area contributed by atoms with Crippen LogP contribution in [-0.4, -0.2) is 46.2 Å². The van der Waals surface area contributed by atoms with Crippen molar-refractivity contribution in [1.29, 1.82) is 0 Å². The molecule has 130 valence electrons. The molecule has 2 fully saturated rings. The molecule has 0 aromatic heterocycles. The van der Waals surface area contributed by atoms with Gasteiger partial charge in [-0.15, -0.1) is 0 Å². The van der Waals surface area contributed by atoms with E-state index in [0.717, 1.165) is 17.5 Å². The van der Waals surface area contributed by atoms with E-state index < -0.39 is 10.1 Å². The Balaban J connectivity index is 1.61. The summed E-state index contributed by atoms with van der Waals surface area (Å²) < 4.78 is 26.8. The fourth-order valence-electron chi connectivity index (χ4n) is 3.06. The Kier molecular flexibility index (Phi) is 4.60. The average molecular weight is 352 g/mol. The van der Waals surface area contributed by atoms with Crippen LogP contribution >= 0.6 is 0 Å². The summed E-state index contributed by atoms with van der Waals surface area (Å²) in [4.78, 5) is 25.4. The van der Waals surface area contributed by atoms with E-state index in [2.05, 4.69) is 10.2 Å². The number of nitrogens with one attached hydrogen (secondary N) is 1. The molecule has 0 aliphatic carbocycles. The van der Waals surface area contributed by atoms with Crippen LogP contribution in [0.2, 0.25) is 0 Å². The first-order valence-corrected chi connectivity index (χ1v) is 9.66. The van der Waals surface area contributed by atoms with Gasteiger partial charge in [-0.25, -0.2) is 0 Å². The van der Waals surface area contributed by atoms with Crippen LogP contribution in [0.5, 0.6) is 0 Å². The third kappa shape index (κ3) is 3.93. The Labute approximate surface area is 141 Å². The Morgan fingerprint density at radius 2 is 2.04 bits per heavy atom. The first-order valence-electron chi connectivity index (χ1n) is 7.85. The number of benzene rings is 1. The molecule has 7 nitrogen and oxygen atoms in total. The Morgan fingerprint density at radius 3 is 2.71 bits per heavy atom. The number of carbonyl (C=O) groups is 2. The van der Waals surface area contributed by atoms with Crippen LogP contribution in [0.4, 0.5) is 5.69 Å². The van der Waals surface area contributed by atoms with E-state index in [-0.39, 0.29) is 30.3 Å². The van der Waals surface area contributed by atoms with Crippen LogP contribution in [0.15, 0.2) is 24.3 Å². The van der Waals surface area contributed by atoms with E-state index >= 15 is 0 Å². The largest absolute Gasteiger partial charge is 0.371 e. The molecule has 24 heavy (non-hydrogen) atoms. The molecule has 0 radical (unpaired) electrons. The number of amides is 2. The predicted octanol–water partition coefficient (Wildman–Crippen LogP) is 0.619. The van der Waals surface area contributed by atoms with E-state index in [9.17, 15) is 18.0 Å². The van der Waals surface area contributed by atoms with Crippen LogP contribution in [0.1, 0.15) is 24.3 Å². The predicted molar refractivity (Wildman–Crippen MR) is 88.1 cm³/mol. The highest BCUT2D eigenvalue weighted by Crippen LogP contribution is 2.30. The topological polar surface area (TPSA) is 92.8 Å². The summed E-state index contributed by atoms with van der Waals surface area (Å²) in [6.45, 7) is 1.63. The third-order valence-electron chi connectivity index (χ3n) is 4.35. The van der Waals surface area contributed by atoms with Crippen molar-refractivity contribution in [3.63, 3.8) is 0 Å². The first kappa shape index (κ1) is 16.9. The van der Waals surface area contributed by atoms with Crippen molar-refractivity contribution in [3.05, 3.63) is 29.8 Å². The lowest BCUT2D eigenvalue weighted by Crippen LogP contribution is -2.49. The second-order valence-electron chi connectivity index (χ2n) is 6.36. The second kappa shape index (κ2) is 6.52. The maximum absolute atomic E-state index is 12.0. The molecule has 3 rings (SSSR count). The molecule has 0 saturated carbocycles. The van der Waals surface area contributed by atoms with Crippen molar-refractivity contribution in [1.82, 2.24) is 5.32 Å². The molecule has 2 saturated heterocycles. The van der Waals surface area contributed by atoms with Gasteiger partial charge >= 0.3 is 0 Å². The zero-order chi connectivity index (χ0) is 17.3. The van der Waals surface area contributed by atoms with E-state index in [1.807, 2.05) is 24.3 Å². The van der Waals surface area contributed by atoms with Crippen molar-refractivity contribution in [2.45, 2.75) is 18.8 Å². The Bertz CT molecular complexity index is 755. The van der Waals surface area contributed by atoms with Gasteiger partial charge in [-0.2, -0.15) is 8.42 Å². The summed E-state index contributed by atoms with van der Waals surface area (Å²) >= 11 is 0. The number of carbonyl (C=O) groups excluding carboxylic acids is 2. The van der Waals surface area contributed by atoms with Gasteiger partial charge in [-0.05, 0) is 24.1 Å². The van der Waals surface area contributed by atoms with Crippen molar-refractivity contribution >= 4 is 27.6 Å². The molecule has 1 unspecified atom stereocenters. The summed E-state index contributed by atoms with van der Waals surface area (Å²) in [5, 5.41) is 2.38. The van der Waals surface area contributed by atoms with Crippen molar-refractivity contribution in [2.24, 2.45) is 5.92 Å². The minimum Gasteiger partial charge on any atom is -0.371 e. The molecule has 1 aromatic carbocycles. The number of piperidine rings is 1. The highest BCUT2D eigenvalue weighted by atomic mass is 32.2. The molecule has 0 bridgehead atoms.